The molecule has 0 saturated carbocycles. The van der Waals surface area contributed by atoms with Crippen LogP contribution in [0, 0.1) is 0 Å². The Labute approximate surface area is 162 Å². The summed E-state index contributed by atoms with van der Waals surface area (Å²) in [7, 11) is 1.60. The number of nitrogens with zero attached hydrogens (tertiary/aromatic N) is 1. The van der Waals surface area contributed by atoms with Crippen LogP contribution in [-0.2, 0) is 4.74 Å². The average molecular weight is 395 g/mol. The first-order chi connectivity index (χ1) is 12.6. The van der Waals surface area contributed by atoms with Crippen molar-refractivity contribution < 1.29 is 14.3 Å². The van der Waals surface area contributed by atoms with Crippen LogP contribution in [0.3, 0.4) is 0 Å². The van der Waals surface area contributed by atoms with Crippen LogP contribution in [0.5, 0.6) is 5.75 Å². The van der Waals surface area contributed by atoms with Crippen LogP contribution in [0.1, 0.15) is 18.0 Å². The predicted molar refractivity (Wildman–Crippen MR) is 103 cm³/mol. The van der Waals surface area contributed by atoms with Gasteiger partial charge in [-0.05, 0) is 36.2 Å². The second kappa shape index (κ2) is 8.62. The molecule has 1 atom stereocenters. The molecule has 1 aliphatic heterocycles. The lowest BCUT2D eigenvalue weighted by atomic mass is 9.95. The van der Waals surface area contributed by atoms with Crippen molar-refractivity contribution in [3.63, 3.8) is 0 Å². The first-order valence-corrected chi connectivity index (χ1v) is 9.09. The van der Waals surface area contributed by atoms with Gasteiger partial charge in [0.2, 0.25) is 0 Å². The van der Waals surface area contributed by atoms with Gasteiger partial charge in [-0.25, -0.2) is 4.79 Å². The number of ether oxygens (including phenoxy) is 2. The zero-order valence-electron chi connectivity index (χ0n) is 14.4. The number of hydrogen-bond donors (Lipinski definition) is 1. The molecule has 5 nitrogen and oxygen atoms in total. The summed E-state index contributed by atoms with van der Waals surface area (Å²) in [5.74, 6) is 0.447. The van der Waals surface area contributed by atoms with E-state index >= 15 is 0 Å². The fraction of sp³-hybridized carbons (Fsp3) is 0.316. The van der Waals surface area contributed by atoms with Crippen molar-refractivity contribution in [3.8, 4) is 5.75 Å². The van der Waals surface area contributed by atoms with Gasteiger partial charge in [-0.2, -0.15) is 0 Å². The highest BCUT2D eigenvalue weighted by Gasteiger charge is 2.33. The van der Waals surface area contributed by atoms with Gasteiger partial charge in [-0.1, -0.05) is 41.4 Å². The molecule has 0 radical (unpaired) electrons. The summed E-state index contributed by atoms with van der Waals surface area (Å²) in [6.45, 7) is 1.48. The van der Waals surface area contributed by atoms with E-state index in [1.165, 1.54) is 0 Å². The van der Waals surface area contributed by atoms with Crippen molar-refractivity contribution in [1.29, 1.82) is 0 Å². The first-order valence-electron chi connectivity index (χ1n) is 8.33. The van der Waals surface area contributed by atoms with E-state index in [-0.39, 0.29) is 12.1 Å². The molecule has 2 amide bonds. The maximum Gasteiger partial charge on any atom is 0.322 e. The Morgan fingerprint density at radius 2 is 1.96 bits per heavy atom. The highest BCUT2D eigenvalue weighted by atomic mass is 35.5. The molecule has 0 aromatic heterocycles. The van der Waals surface area contributed by atoms with Gasteiger partial charge in [0, 0.05) is 18.7 Å². The molecule has 1 heterocycles. The van der Waals surface area contributed by atoms with Gasteiger partial charge in [0.15, 0.2) is 5.75 Å². The number of rotatable bonds is 6. The number of nitrogens with one attached hydrogen (secondary N) is 1. The Morgan fingerprint density at radius 1 is 1.19 bits per heavy atom. The third kappa shape index (κ3) is 4.23. The lowest BCUT2D eigenvalue weighted by Gasteiger charge is -2.41. The van der Waals surface area contributed by atoms with Crippen molar-refractivity contribution in [2.45, 2.75) is 12.5 Å². The molecule has 2 aromatic carbocycles. The summed E-state index contributed by atoms with van der Waals surface area (Å²) in [6, 6.07) is 12.7. The summed E-state index contributed by atoms with van der Waals surface area (Å²) in [6.07, 6.45) is 0.918. The fourth-order valence-corrected chi connectivity index (χ4v) is 3.19. The third-order valence-electron chi connectivity index (χ3n) is 4.28. The molecule has 1 saturated heterocycles. The SMILES string of the molecule is COCCOc1c(Cl)cccc1NC(=O)N1CC[C@@H]1c1ccc(Cl)cc1. The lowest BCUT2D eigenvalue weighted by molar-refractivity contribution is 0.126. The van der Waals surface area contributed by atoms with E-state index in [2.05, 4.69) is 5.32 Å². The minimum atomic E-state index is -0.185. The molecular weight excluding hydrogens is 375 g/mol. The summed E-state index contributed by atoms with van der Waals surface area (Å²) in [5.41, 5.74) is 1.61. The lowest BCUT2D eigenvalue weighted by Crippen LogP contribution is -2.47. The van der Waals surface area contributed by atoms with Gasteiger partial charge in [0.25, 0.3) is 0 Å². The second-order valence-corrected chi connectivity index (χ2v) is 6.78. The van der Waals surface area contributed by atoms with Crippen molar-refractivity contribution in [2.75, 3.05) is 32.2 Å². The highest BCUT2D eigenvalue weighted by Crippen LogP contribution is 2.36. The molecule has 1 aliphatic rings. The maximum atomic E-state index is 12.7. The van der Waals surface area contributed by atoms with Crippen LogP contribution in [0.15, 0.2) is 42.5 Å². The van der Waals surface area contributed by atoms with E-state index in [0.717, 1.165) is 12.0 Å². The molecule has 1 fully saturated rings. The summed E-state index contributed by atoms with van der Waals surface area (Å²) >= 11 is 12.2. The number of carbonyl (C=O) groups excluding carboxylic acids is 1. The molecule has 26 heavy (non-hydrogen) atoms. The summed E-state index contributed by atoms with van der Waals surface area (Å²) in [5, 5.41) is 4.02. The number of likely N-dealkylation sites (tertiary alicyclic amines) is 1. The van der Waals surface area contributed by atoms with Gasteiger partial charge in [-0.3, -0.25) is 0 Å². The summed E-state index contributed by atoms with van der Waals surface area (Å²) in [4.78, 5) is 14.5. The minimum absolute atomic E-state index is 0.0457. The predicted octanol–water partition coefficient (Wildman–Crippen LogP) is 5.00. The normalized spacial score (nSPS) is 16.1. The quantitative estimate of drug-likeness (QED) is 0.701. The Kier molecular flexibility index (Phi) is 6.25. The monoisotopic (exact) mass is 394 g/mol. The van der Waals surface area contributed by atoms with Crippen molar-refractivity contribution >= 4 is 34.9 Å². The number of para-hydroxylation sites is 1. The molecular formula is C19H20Cl2N2O3. The zero-order chi connectivity index (χ0) is 18.5. The van der Waals surface area contributed by atoms with E-state index in [4.69, 9.17) is 32.7 Å². The molecule has 0 spiro atoms. The molecule has 0 unspecified atom stereocenters. The van der Waals surface area contributed by atoms with Crippen LogP contribution >= 0.6 is 23.2 Å². The molecule has 138 valence electrons. The molecule has 2 aromatic rings. The fourth-order valence-electron chi connectivity index (χ4n) is 2.83. The van der Waals surface area contributed by atoms with E-state index < -0.39 is 0 Å². The van der Waals surface area contributed by atoms with Crippen molar-refractivity contribution in [2.24, 2.45) is 0 Å². The number of benzene rings is 2. The Bertz CT molecular complexity index is 768. The minimum Gasteiger partial charge on any atom is -0.487 e. The number of carbonyl (C=O) groups is 1. The van der Waals surface area contributed by atoms with Gasteiger partial charge >= 0.3 is 6.03 Å². The maximum absolute atomic E-state index is 12.7. The van der Waals surface area contributed by atoms with Crippen LogP contribution < -0.4 is 10.1 Å². The van der Waals surface area contributed by atoms with E-state index in [0.29, 0.717) is 41.2 Å². The topological polar surface area (TPSA) is 50.8 Å². The molecule has 1 N–H and O–H groups in total. The number of methoxy groups -OCH3 is 1. The van der Waals surface area contributed by atoms with Crippen LogP contribution in [0.25, 0.3) is 0 Å². The molecule has 3 rings (SSSR count). The third-order valence-corrected chi connectivity index (χ3v) is 4.83. The van der Waals surface area contributed by atoms with Crippen LogP contribution in [0.2, 0.25) is 10.0 Å². The van der Waals surface area contributed by atoms with Crippen LogP contribution in [-0.4, -0.2) is 37.8 Å². The summed E-state index contributed by atoms with van der Waals surface area (Å²) < 4.78 is 10.6. The first kappa shape index (κ1) is 18.8. The molecule has 0 aliphatic carbocycles. The Hall–Kier alpha value is -1.95. The van der Waals surface area contributed by atoms with Crippen LogP contribution in [0.4, 0.5) is 10.5 Å². The molecule has 0 bridgehead atoms. The van der Waals surface area contributed by atoms with E-state index in [9.17, 15) is 4.79 Å². The van der Waals surface area contributed by atoms with Gasteiger partial charge in [-0.15, -0.1) is 0 Å². The van der Waals surface area contributed by atoms with Crippen molar-refractivity contribution in [3.05, 3.63) is 58.1 Å². The standard InChI is InChI=1S/C19H20Cl2N2O3/c1-25-11-12-26-18-15(21)3-2-4-16(18)22-19(24)23-10-9-17(23)13-5-7-14(20)8-6-13/h2-8,17H,9-12H2,1H3,(H,22,24)/t17-/m1/s1. The Morgan fingerprint density at radius 3 is 2.62 bits per heavy atom. The molecule has 7 heteroatoms. The number of hydrogen-bond acceptors (Lipinski definition) is 3. The number of amides is 2. The zero-order valence-corrected chi connectivity index (χ0v) is 15.9. The number of halogens is 2. The Balaban J connectivity index is 1.70. The van der Waals surface area contributed by atoms with Gasteiger partial charge < -0.3 is 19.7 Å². The average Bonchev–Trinajstić information content (AvgIpc) is 2.58. The highest BCUT2D eigenvalue weighted by molar-refractivity contribution is 6.32. The van der Waals surface area contributed by atoms with Gasteiger partial charge in [0.1, 0.15) is 6.61 Å². The van der Waals surface area contributed by atoms with E-state index in [1.807, 2.05) is 24.3 Å². The van der Waals surface area contributed by atoms with Gasteiger partial charge in [0.05, 0.1) is 23.4 Å². The van der Waals surface area contributed by atoms with E-state index in [1.54, 1.807) is 30.2 Å². The smallest absolute Gasteiger partial charge is 0.322 e. The number of urea groups is 1. The van der Waals surface area contributed by atoms with Crippen molar-refractivity contribution in [1.82, 2.24) is 4.90 Å². The largest absolute Gasteiger partial charge is 0.487 e. The second-order valence-electron chi connectivity index (χ2n) is 5.94. The number of anilines is 1.